The minimum atomic E-state index is 0.820. The summed E-state index contributed by atoms with van der Waals surface area (Å²) in [6, 6.07) is 0. The molecule has 94 valence electrons. The quantitative estimate of drug-likeness (QED) is 0.794. The number of hydrogen-bond donors (Lipinski definition) is 2. The van der Waals surface area contributed by atoms with Crippen LogP contribution in [0.2, 0.25) is 0 Å². The molecule has 1 saturated carbocycles. The van der Waals surface area contributed by atoms with E-state index in [9.17, 15) is 0 Å². The fourth-order valence-corrected chi connectivity index (χ4v) is 1.94. The highest BCUT2D eigenvalue weighted by Gasteiger charge is 2.20. The van der Waals surface area contributed by atoms with Crippen LogP contribution >= 0.6 is 0 Å². The lowest BCUT2D eigenvalue weighted by atomic mass is 10.2. The van der Waals surface area contributed by atoms with Gasteiger partial charge >= 0.3 is 0 Å². The van der Waals surface area contributed by atoms with Crippen molar-refractivity contribution in [2.24, 2.45) is 5.92 Å². The van der Waals surface area contributed by atoms with Crippen molar-refractivity contribution >= 4 is 11.6 Å². The number of anilines is 2. The molecule has 1 aromatic heterocycles. The van der Waals surface area contributed by atoms with E-state index >= 15 is 0 Å². The minimum absolute atomic E-state index is 0.820. The van der Waals surface area contributed by atoms with Crippen molar-refractivity contribution in [3.63, 3.8) is 0 Å². The van der Waals surface area contributed by atoms with Crippen LogP contribution < -0.4 is 10.6 Å². The largest absolute Gasteiger partial charge is 0.370 e. The number of hydrogen-bond acceptors (Lipinski definition) is 4. The standard InChI is InChI=1S/C13H22N4/c1-4-14-12-9(2)13(17-10(3)16-12)15-8-7-11-5-6-11/h11H,4-8H2,1-3H3,(H2,14,15,16,17). The van der Waals surface area contributed by atoms with Gasteiger partial charge in [-0.25, -0.2) is 9.97 Å². The molecule has 0 unspecified atom stereocenters. The Morgan fingerprint density at radius 2 is 1.76 bits per heavy atom. The number of nitrogens with one attached hydrogen (secondary N) is 2. The summed E-state index contributed by atoms with van der Waals surface area (Å²) in [6.07, 6.45) is 4.08. The molecule has 4 nitrogen and oxygen atoms in total. The van der Waals surface area contributed by atoms with Gasteiger partial charge in [0.1, 0.15) is 17.5 Å². The van der Waals surface area contributed by atoms with Crippen LogP contribution in [0.1, 0.15) is 37.6 Å². The zero-order valence-corrected chi connectivity index (χ0v) is 11.0. The minimum Gasteiger partial charge on any atom is -0.370 e. The fraction of sp³-hybridized carbons (Fsp3) is 0.692. The van der Waals surface area contributed by atoms with Crippen LogP contribution in [0.25, 0.3) is 0 Å². The predicted molar refractivity (Wildman–Crippen MR) is 71.5 cm³/mol. The van der Waals surface area contributed by atoms with E-state index in [2.05, 4.69) is 34.4 Å². The average Bonchev–Trinajstić information content (AvgIpc) is 3.09. The first-order valence-corrected chi connectivity index (χ1v) is 6.53. The maximum atomic E-state index is 4.47. The first kappa shape index (κ1) is 12.1. The first-order chi connectivity index (χ1) is 8.20. The average molecular weight is 234 g/mol. The molecule has 1 aliphatic rings. The number of aromatic nitrogens is 2. The molecule has 0 aliphatic heterocycles. The molecule has 1 fully saturated rings. The van der Waals surface area contributed by atoms with E-state index in [-0.39, 0.29) is 0 Å². The van der Waals surface area contributed by atoms with Crippen LogP contribution in [0, 0.1) is 19.8 Å². The van der Waals surface area contributed by atoms with Crippen molar-refractivity contribution in [3.05, 3.63) is 11.4 Å². The van der Waals surface area contributed by atoms with E-state index in [1.165, 1.54) is 19.3 Å². The molecule has 4 heteroatoms. The highest BCUT2D eigenvalue weighted by Crippen LogP contribution is 2.32. The summed E-state index contributed by atoms with van der Waals surface area (Å²) in [4.78, 5) is 8.89. The third kappa shape index (κ3) is 3.32. The van der Waals surface area contributed by atoms with Crippen LogP contribution in [0.5, 0.6) is 0 Å². The van der Waals surface area contributed by atoms with Crippen molar-refractivity contribution in [1.29, 1.82) is 0 Å². The summed E-state index contributed by atoms with van der Waals surface area (Å²) in [5.41, 5.74) is 1.12. The van der Waals surface area contributed by atoms with Crippen LogP contribution in [0.4, 0.5) is 11.6 Å². The molecule has 17 heavy (non-hydrogen) atoms. The summed E-state index contributed by atoms with van der Waals surface area (Å²) in [5, 5.41) is 6.71. The lowest BCUT2D eigenvalue weighted by Crippen LogP contribution is -2.11. The molecule has 1 heterocycles. The Bertz CT molecular complexity index is 385. The molecule has 0 saturated heterocycles. The van der Waals surface area contributed by atoms with Gasteiger partial charge in [-0.1, -0.05) is 12.8 Å². The maximum absolute atomic E-state index is 4.47. The van der Waals surface area contributed by atoms with Gasteiger partial charge < -0.3 is 10.6 Å². The summed E-state index contributed by atoms with van der Waals surface area (Å²) in [7, 11) is 0. The highest BCUT2D eigenvalue weighted by molar-refractivity contribution is 5.57. The Hall–Kier alpha value is -1.32. The smallest absolute Gasteiger partial charge is 0.134 e. The summed E-state index contributed by atoms with van der Waals surface area (Å²) >= 11 is 0. The molecule has 2 N–H and O–H groups in total. The maximum Gasteiger partial charge on any atom is 0.134 e. The van der Waals surface area contributed by atoms with Crippen molar-refractivity contribution in [2.45, 2.75) is 40.0 Å². The molecule has 0 radical (unpaired) electrons. The Kier molecular flexibility index (Phi) is 3.82. The van der Waals surface area contributed by atoms with E-state index in [1.807, 2.05) is 6.92 Å². The summed E-state index contributed by atoms with van der Waals surface area (Å²) in [5.74, 6) is 3.71. The summed E-state index contributed by atoms with van der Waals surface area (Å²) in [6.45, 7) is 7.99. The zero-order valence-electron chi connectivity index (χ0n) is 11.0. The van der Waals surface area contributed by atoms with E-state index in [0.717, 1.165) is 42.0 Å². The molecular weight excluding hydrogens is 212 g/mol. The molecule has 0 bridgehead atoms. The second kappa shape index (κ2) is 5.34. The third-order valence-electron chi connectivity index (χ3n) is 3.14. The second-order valence-electron chi connectivity index (χ2n) is 4.78. The lowest BCUT2D eigenvalue weighted by molar-refractivity contribution is 0.757. The van der Waals surface area contributed by atoms with Crippen LogP contribution in [0.15, 0.2) is 0 Å². The molecular formula is C13H22N4. The van der Waals surface area contributed by atoms with Gasteiger partial charge in [0, 0.05) is 18.7 Å². The van der Waals surface area contributed by atoms with Gasteiger partial charge in [0.2, 0.25) is 0 Å². The Labute approximate surface area is 103 Å². The topological polar surface area (TPSA) is 49.8 Å². The fourth-order valence-electron chi connectivity index (χ4n) is 1.94. The Morgan fingerprint density at radius 1 is 1.12 bits per heavy atom. The second-order valence-corrected chi connectivity index (χ2v) is 4.78. The van der Waals surface area contributed by atoms with Crippen LogP contribution in [-0.2, 0) is 0 Å². The van der Waals surface area contributed by atoms with Gasteiger partial charge in [0.05, 0.1) is 0 Å². The Balaban J connectivity index is 2.02. The van der Waals surface area contributed by atoms with Gasteiger partial charge in [0.15, 0.2) is 0 Å². The summed E-state index contributed by atoms with van der Waals surface area (Å²) < 4.78 is 0. The van der Waals surface area contributed by atoms with E-state index in [0.29, 0.717) is 0 Å². The molecule has 1 aromatic rings. The number of nitrogens with zero attached hydrogens (tertiary/aromatic N) is 2. The third-order valence-corrected chi connectivity index (χ3v) is 3.14. The molecule has 0 atom stereocenters. The van der Waals surface area contributed by atoms with Crippen molar-refractivity contribution in [2.75, 3.05) is 23.7 Å². The predicted octanol–water partition coefficient (Wildman–Crippen LogP) is 2.74. The van der Waals surface area contributed by atoms with Crippen LogP contribution in [-0.4, -0.2) is 23.1 Å². The lowest BCUT2D eigenvalue weighted by Gasteiger charge is -2.13. The number of rotatable bonds is 6. The van der Waals surface area contributed by atoms with E-state index < -0.39 is 0 Å². The molecule has 0 aromatic carbocycles. The van der Waals surface area contributed by atoms with Crippen molar-refractivity contribution in [1.82, 2.24) is 9.97 Å². The van der Waals surface area contributed by atoms with Gasteiger partial charge in [-0.2, -0.15) is 0 Å². The normalized spacial score (nSPS) is 14.8. The molecule has 1 aliphatic carbocycles. The number of aryl methyl sites for hydroxylation is 1. The monoisotopic (exact) mass is 234 g/mol. The molecule has 2 rings (SSSR count). The zero-order chi connectivity index (χ0) is 12.3. The first-order valence-electron chi connectivity index (χ1n) is 6.53. The highest BCUT2D eigenvalue weighted by atomic mass is 15.1. The van der Waals surface area contributed by atoms with Crippen LogP contribution in [0.3, 0.4) is 0 Å². The van der Waals surface area contributed by atoms with E-state index in [4.69, 9.17) is 0 Å². The van der Waals surface area contributed by atoms with Crippen molar-refractivity contribution < 1.29 is 0 Å². The van der Waals surface area contributed by atoms with Gasteiger partial charge in [-0.05, 0) is 33.1 Å². The van der Waals surface area contributed by atoms with Gasteiger partial charge in [0.25, 0.3) is 0 Å². The van der Waals surface area contributed by atoms with Crippen molar-refractivity contribution in [3.8, 4) is 0 Å². The van der Waals surface area contributed by atoms with Gasteiger partial charge in [-0.15, -0.1) is 0 Å². The molecule has 0 amide bonds. The van der Waals surface area contributed by atoms with E-state index in [1.54, 1.807) is 0 Å². The van der Waals surface area contributed by atoms with Gasteiger partial charge in [-0.3, -0.25) is 0 Å². The SMILES string of the molecule is CCNc1nc(C)nc(NCCC2CC2)c1C. The molecule has 0 spiro atoms. The Morgan fingerprint density at radius 3 is 2.35 bits per heavy atom.